The number of likely N-dealkylation sites (N-methyl/N-ethyl adjacent to an activating group) is 1. The number of carbonyl (C=O) groups excluding carboxylic acids is 1. The van der Waals surface area contributed by atoms with Gasteiger partial charge in [0.15, 0.2) is 0 Å². The van der Waals surface area contributed by atoms with E-state index in [1.54, 1.807) is 19.1 Å². The summed E-state index contributed by atoms with van der Waals surface area (Å²) in [6.45, 7) is 2.46. The molecule has 1 aliphatic rings. The van der Waals surface area contributed by atoms with Crippen LogP contribution in [0, 0.1) is 0 Å². The van der Waals surface area contributed by atoms with Crippen molar-refractivity contribution in [2.75, 3.05) is 26.1 Å². The summed E-state index contributed by atoms with van der Waals surface area (Å²) >= 11 is 0. The summed E-state index contributed by atoms with van der Waals surface area (Å²) in [5, 5.41) is 2.88. The van der Waals surface area contributed by atoms with Crippen LogP contribution >= 0.6 is 0 Å². The number of hydrogen-bond acceptors (Lipinski definition) is 3. The molecule has 0 bridgehead atoms. The molecule has 1 aliphatic carbocycles. The first-order valence-corrected chi connectivity index (χ1v) is 7.89. The Bertz CT molecular complexity index is 469. The van der Waals surface area contributed by atoms with Crippen LogP contribution in [0.2, 0.25) is 0 Å². The maximum Gasteiger partial charge on any atom is 0.321 e. The fourth-order valence-corrected chi connectivity index (χ4v) is 2.58. The van der Waals surface area contributed by atoms with Crippen molar-refractivity contribution in [1.82, 2.24) is 4.90 Å². The lowest BCUT2D eigenvalue weighted by molar-refractivity contribution is 0.128. The first kappa shape index (κ1) is 16.6. The molecule has 122 valence electrons. The summed E-state index contributed by atoms with van der Waals surface area (Å²) < 4.78 is 11.0. The Balaban J connectivity index is 1.86. The second kappa shape index (κ2) is 8.03. The highest BCUT2D eigenvalue weighted by atomic mass is 16.5. The second-order valence-corrected chi connectivity index (χ2v) is 5.89. The SMILES string of the molecule is COC[C@H](C)N(C)C(=O)Nc1ccc(OC2CCCC2)cc1. The predicted octanol–water partition coefficient (Wildman–Crippen LogP) is 3.51. The molecule has 2 amide bonds. The van der Waals surface area contributed by atoms with Gasteiger partial charge in [-0.15, -0.1) is 0 Å². The highest BCUT2D eigenvalue weighted by Gasteiger charge is 2.17. The highest BCUT2D eigenvalue weighted by molar-refractivity contribution is 5.89. The van der Waals surface area contributed by atoms with Gasteiger partial charge in [0.1, 0.15) is 5.75 Å². The Labute approximate surface area is 132 Å². The van der Waals surface area contributed by atoms with Gasteiger partial charge in [-0.05, 0) is 56.9 Å². The van der Waals surface area contributed by atoms with Gasteiger partial charge in [0, 0.05) is 19.8 Å². The number of ether oxygens (including phenoxy) is 2. The Morgan fingerprint density at radius 2 is 1.95 bits per heavy atom. The number of hydrogen-bond donors (Lipinski definition) is 1. The predicted molar refractivity (Wildman–Crippen MR) is 87.4 cm³/mol. The zero-order valence-corrected chi connectivity index (χ0v) is 13.7. The van der Waals surface area contributed by atoms with Crippen molar-refractivity contribution < 1.29 is 14.3 Å². The molecule has 0 heterocycles. The number of carbonyl (C=O) groups is 1. The zero-order chi connectivity index (χ0) is 15.9. The number of nitrogens with one attached hydrogen (secondary N) is 1. The Morgan fingerprint density at radius 1 is 1.32 bits per heavy atom. The lowest BCUT2D eigenvalue weighted by atomic mass is 10.2. The standard InChI is InChI=1S/C17H26N2O3/c1-13(12-21-3)19(2)17(20)18-14-8-10-16(11-9-14)22-15-6-4-5-7-15/h8-11,13,15H,4-7,12H2,1-3H3,(H,18,20)/t13-/m0/s1. The largest absolute Gasteiger partial charge is 0.490 e. The number of methoxy groups -OCH3 is 1. The number of amides is 2. The lowest BCUT2D eigenvalue weighted by Crippen LogP contribution is -2.40. The molecule has 1 N–H and O–H groups in total. The maximum atomic E-state index is 12.1. The van der Waals surface area contributed by atoms with Crippen molar-refractivity contribution in [3.8, 4) is 5.75 Å². The average molecular weight is 306 g/mol. The number of nitrogens with zero attached hydrogens (tertiary/aromatic N) is 1. The van der Waals surface area contributed by atoms with Gasteiger partial charge in [-0.2, -0.15) is 0 Å². The van der Waals surface area contributed by atoms with Crippen LogP contribution in [0.3, 0.4) is 0 Å². The number of benzene rings is 1. The molecule has 1 atom stereocenters. The van der Waals surface area contributed by atoms with Gasteiger partial charge in [-0.1, -0.05) is 0 Å². The molecule has 1 aromatic carbocycles. The van der Waals surface area contributed by atoms with Crippen LogP contribution in [0.25, 0.3) is 0 Å². The molecule has 0 radical (unpaired) electrons. The van der Waals surface area contributed by atoms with E-state index in [1.165, 1.54) is 12.8 Å². The molecule has 0 aliphatic heterocycles. The molecule has 0 spiro atoms. The molecule has 1 saturated carbocycles. The summed E-state index contributed by atoms with van der Waals surface area (Å²) in [6.07, 6.45) is 5.14. The van der Waals surface area contributed by atoms with Gasteiger partial charge in [0.05, 0.1) is 18.8 Å². The van der Waals surface area contributed by atoms with Crippen LogP contribution in [-0.2, 0) is 4.74 Å². The molecule has 2 rings (SSSR count). The minimum atomic E-state index is -0.144. The number of rotatable bonds is 6. The molecule has 1 aromatic rings. The minimum absolute atomic E-state index is 0.0231. The van der Waals surface area contributed by atoms with Gasteiger partial charge in [-0.25, -0.2) is 4.79 Å². The van der Waals surface area contributed by atoms with Gasteiger partial charge in [0.2, 0.25) is 0 Å². The van der Waals surface area contributed by atoms with Crippen LogP contribution in [0.15, 0.2) is 24.3 Å². The van der Waals surface area contributed by atoms with Gasteiger partial charge in [-0.3, -0.25) is 0 Å². The maximum absolute atomic E-state index is 12.1. The summed E-state index contributed by atoms with van der Waals surface area (Å²) in [6, 6.07) is 7.44. The van der Waals surface area contributed by atoms with Crippen LogP contribution in [0.4, 0.5) is 10.5 Å². The van der Waals surface area contributed by atoms with Crippen molar-refractivity contribution in [1.29, 1.82) is 0 Å². The number of anilines is 1. The van der Waals surface area contributed by atoms with E-state index >= 15 is 0 Å². The normalized spacial score (nSPS) is 16.3. The van der Waals surface area contributed by atoms with E-state index in [0.29, 0.717) is 12.7 Å². The second-order valence-electron chi connectivity index (χ2n) is 5.89. The van der Waals surface area contributed by atoms with Crippen molar-refractivity contribution in [3.05, 3.63) is 24.3 Å². The van der Waals surface area contributed by atoms with E-state index in [-0.39, 0.29) is 12.1 Å². The lowest BCUT2D eigenvalue weighted by Gasteiger charge is -2.24. The van der Waals surface area contributed by atoms with E-state index in [2.05, 4.69) is 5.32 Å². The summed E-state index contributed by atoms with van der Waals surface area (Å²) in [5.41, 5.74) is 0.764. The van der Waals surface area contributed by atoms with Crippen molar-refractivity contribution in [2.45, 2.75) is 44.8 Å². The van der Waals surface area contributed by atoms with Gasteiger partial charge >= 0.3 is 6.03 Å². The number of urea groups is 1. The first-order chi connectivity index (χ1) is 10.6. The Kier molecular flexibility index (Phi) is 6.07. The Morgan fingerprint density at radius 3 is 2.55 bits per heavy atom. The van der Waals surface area contributed by atoms with Crippen molar-refractivity contribution in [2.24, 2.45) is 0 Å². The first-order valence-electron chi connectivity index (χ1n) is 7.89. The third-order valence-corrected chi connectivity index (χ3v) is 4.10. The summed E-state index contributed by atoms with van der Waals surface area (Å²) in [5.74, 6) is 0.867. The van der Waals surface area contributed by atoms with Gasteiger partial charge in [0.25, 0.3) is 0 Å². The van der Waals surface area contributed by atoms with E-state index in [9.17, 15) is 4.79 Å². The fraction of sp³-hybridized carbons (Fsp3) is 0.588. The molecule has 0 unspecified atom stereocenters. The smallest absolute Gasteiger partial charge is 0.321 e. The summed E-state index contributed by atoms with van der Waals surface area (Å²) in [7, 11) is 3.39. The topological polar surface area (TPSA) is 50.8 Å². The minimum Gasteiger partial charge on any atom is -0.490 e. The van der Waals surface area contributed by atoms with E-state index < -0.39 is 0 Å². The van der Waals surface area contributed by atoms with E-state index in [4.69, 9.17) is 9.47 Å². The van der Waals surface area contributed by atoms with Gasteiger partial charge < -0.3 is 19.7 Å². The molecule has 0 aromatic heterocycles. The van der Waals surface area contributed by atoms with Crippen LogP contribution in [0.5, 0.6) is 5.75 Å². The van der Waals surface area contributed by atoms with Crippen LogP contribution in [-0.4, -0.2) is 43.8 Å². The molecule has 0 saturated heterocycles. The highest BCUT2D eigenvalue weighted by Crippen LogP contribution is 2.25. The summed E-state index contributed by atoms with van der Waals surface area (Å²) in [4.78, 5) is 13.8. The average Bonchev–Trinajstić information content (AvgIpc) is 3.01. The zero-order valence-electron chi connectivity index (χ0n) is 13.7. The van der Waals surface area contributed by atoms with E-state index in [1.807, 2.05) is 31.2 Å². The third-order valence-electron chi connectivity index (χ3n) is 4.10. The fourth-order valence-electron chi connectivity index (χ4n) is 2.58. The monoisotopic (exact) mass is 306 g/mol. The molecule has 5 nitrogen and oxygen atoms in total. The molecular weight excluding hydrogens is 280 g/mol. The Hall–Kier alpha value is -1.75. The molecular formula is C17H26N2O3. The van der Waals surface area contributed by atoms with E-state index in [0.717, 1.165) is 24.3 Å². The van der Waals surface area contributed by atoms with Crippen LogP contribution in [0.1, 0.15) is 32.6 Å². The van der Waals surface area contributed by atoms with Crippen molar-refractivity contribution >= 4 is 11.7 Å². The van der Waals surface area contributed by atoms with Crippen molar-refractivity contribution in [3.63, 3.8) is 0 Å². The van der Waals surface area contributed by atoms with Crippen LogP contribution < -0.4 is 10.1 Å². The molecule has 22 heavy (non-hydrogen) atoms. The third kappa shape index (κ3) is 4.63. The molecule has 1 fully saturated rings. The quantitative estimate of drug-likeness (QED) is 0.875. The molecule has 5 heteroatoms.